The number of nitrogens with one attached hydrogen (secondary N) is 1. The van der Waals surface area contributed by atoms with Crippen LogP contribution >= 0.6 is 0 Å². The van der Waals surface area contributed by atoms with E-state index in [0.717, 1.165) is 11.3 Å². The standard InChI is InChI=1S/C16H17NO3.BH3O3/c1-19-14-9-8-13(15(10-14)20-2)11-17-16(18)12-6-4-3-5-7-12;2-1(3)4/h3-10H,11H2,1-2H3,(H,17,18);2-4H. The summed E-state index contributed by atoms with van der Waals surface area (Å²) in [4.78, 5) is 12.0. The number of methoxy groups -OCH3 is 2. The van der Waals surface area contributed by atoms with Crippen LogP contribution in [0.3, 0.4) is 0 Å². The third-order valence-corrected chi connectivity index (χ3v) is 2.97. The predicted molar refractivity (Wildman–Crippen MR) is 89.6 cm³/mol. The van der Waals surface area contributed by atoms with Gasteiger partial charge in [0.1, 0.15) is 11.5 Å². The quantitative estimate of drug-likeness (QED) is 0.596. The monoisotopic (exact) mass is 333 g/mol. The summed E-state index contributed by atoms with van der Waals surface area (Å²) in [5.41, 5.74) is 1.54. The van der Waals surface area contributed by atoms with Gasteiger partial charge in [-0.2, -0.15) is 0 Å². The zero-order chi connectivity index (χ0) is 17.9. The molecule has 0 atom stereocenters. The summed E-state index contributed by atoms with van der Waals surface area (Å²) in [5.74, 6) is 1.31. The molecule has 2 rings (SSSR count). The molecule has 0 heterocycles. The molecule has 0 aliphatic heterocycles. The van der Waals surface area contributed by atoms with Crippen molar-refractivity contribution in [2.75, 3.05) is 14.2 Å². The topological polar surface area (TPSA) is 108 Å². The second-order valence-corrected chi connectivity index (χ2v) is 4.57. The van der Waals surface area contributed by atoms with Crippen molar-refractivity contribution >= 4 is 13.2 Å². The molecule has 0 aliphatic rings. The Balaban J connectivity index is 0.000000648. The molecule has 0 saturated carbocycles. The SMILES string of the molecule is COc1ccc(CNC(=O)c2ccccc2)c(OC)c1.OB(O)O. The third kappa shape index (κ3) is 6.70. The Bertz CT molecular complexity index is 633. The second-order valence-electron chi connectivity index (χ2n) is 4.57. The molecule has 0 saturated heterocycles. The van der Waals surface area contributed by atoms with Crippen LogP contribution in [0.25, 0.3) is 0 Å². The van der Waals surface area contributed by atoms with Crippen molar-refractivity contribution < 1.29 is 29.3 Å². The Labute approximate surface area is 140 Å². The summed E-state index contributed by atoms with van der Waals surface area (Å²) >= 11 is 0. The minimum atomic E-state index is -2.17. The molecular formula is C16H20BNO6. The molecule has 7 nitrogen and oxygen atoms in total. The first-order chi connectivity index (χ1) is 11.5. The summed E-state index contributed by atoms with van der Waals surface area (Å²) in [7, 11) is 1.03. The van der Waals surface area contributed by atoms with Crippen LogP contribution in [0.1, 0.15) is 15.9 Å². The lowest BCUT2D eigenvalue weighted by Crippen LogP contribution is -2.22. The van der Waals surface area contributed by atoms with Crippen LogP contribution in [0.15, 0.2) is 48.5 Å². The summed E-state index contributed by atoms with van der Waals surface area (Å²) in [6.07, 6.45) is 0. The van der Waals surface area contributed by atoms with Gasteiger partial charge in [-0.25, -0.2) is 0 Å². The van der Waals surface area contributed by atoms with Gasteiger partial charge in [-0.05, 0) is 24.3 Å². The highest BCUT2D eigenvalue weighted by Crippen LogP contribution is 2.24. The summed E-state index contributed by atoms with van der Waals surface area (Å²) in [6.45, 7) is 0.404. The van der Waals surface area contributed by atoms with Gasteiger partial charge >= 0.3 is 7.32 Å². The van der Waals surface area contributed by atoms with Crippen molar-refractivity contribution in [1.29, 1.82) is 0 Å². The fourth-order valence-corrected chi connectivity index (χ4v) is 1.86. The first-order valence-corrected chi connectivity index (χ1v) is 7.06. The lowest BCUT2D eigenvalue weighted by molar-refractivity contribution is 0.0950. The number of rotatable bonds is 5. The summed E-state index contributed by atoms with van der Waals surface area (Å²) in [5, 5.41) is 24.4. The van der Waals surface area contributed by atoms with Crippen molar-refractivity contribution in [3.8, 4) is 11.5 Å². The van der Waals surface area contributed by atoms with Crippen LogP contribution in [0.4, 0.5) is 0 Å². The Morgan fingerprint density at radius 1 is 1.04 bits per heavy atom. The van der Waals surface area contributed by atoms with Crippen LogP contribution in [-0.2, 0) is 6.54 Å². The molecule has 2 aromatic rings. The summed E-state index contributed by atoms with van der Waals surface area (Å²) in [6, 6.07) is 14.6. The Morgan fingerprint density at radius 3 is 2.21 bits per heavy atom. The lowest BCUT2D eigenvalue weighted by atomic mass is 10.1. The van der Waals surface area contributed by atoms with Crippen LogP contribution in [0, 0.1) is 0 Å². The fourth-order valence-electron chi connectivity index (χ4n) is 1.86. The highest BCUT2D eigenvalue weighted by Gasteiger charge is 2.08. The van der Waals surface area contributed by atoms with Crippen molar-refractivity contribution in [2.24, 2.45) is 0 Å². The molecule has 0 unspecified atom stereocenters. The maximum Gasteiger partial charge on any atom is 0.631 e. The maximum atomic E-state index is 12.0. The van der Waals surface area contributed by atoms with E-state index in [2.05, 4.69) is 5.32 Å². The zero-order valence-electron chi connectivity index (χ0n) is 13.5. The largest absolute Gasteiger partial charge is 0.631 e. The van der Waals surface area contributed by atoms with Gasteiger partial charge in [0.15, 0.2) is 0 Å². The van der Waals surface area contributed by atoms with Gasteiger partial charge < -0.3 is 29.9 Å². The number of hydrogen-bond donors (Lipinski definition) is 4. The molecule has 2 aromatic carbocycles. The number of amides is 1. The highest BCUT2D eigenvalue weighted by molar-refractivity contribution is 6.30. The van der Waals surface area contributed by atoms with Crippen LogP contribution in [-0.4, -0.2) is 42.5 Å². The molecule has 0 spiro atoms. The van der Waals surface area contributed by atoms with Gasteiger partial charge in [0.05, 0.1) is 14.2 Å². The predicted octanol–water partition coefficient (Wildman–Crippen LogP) is 0.582. The van der Waals surface area contributed by atoms with Crippen LogP contribution in [0.5, 0.6) is 11.5 Å². The molecule has 0 fully saturated rings. The first kappa shape index (κ1) is 19.5. The van der Waals surface area contributed by atoms with Crippen molar-refractivity contribution in [1.82, 2.24) is 5.32 Å². The second kappa shape index (κ2) is 10.3. The van der Waals surface area contributed by atoms with Crippen LogP contribution < -0.4 is 14.8 Å². The summed E-state index contributed by atoms with van der Waals surface area (Å²) < 4.78 is 10.4. The molecule has 128 valence electrons. The minimum absolute atomic E-state index is 0.108. The average molecular weight is 333 g/mol. The van der Waals surface area contributed by atoms with Gasteiger partial charge in [0, 0.05) is 23.7 Å². The van der Waals surface area contributed by atoms with E-state index in [1.165, 1.54) is 0 Å². The number of benzene rings is 2. The van der Waals surface area contributed by atoms with Gasteiger partial charge in [-0.15, -0.1) is 0 Å². The molecule has 0 bridgehead atoms. The molecule has 8 heteroatoms. The van der Waals surface area contributed by atoms with Gasteiger partial charge in [-0.1, -0.05) is 18.2 Å². The number of ether oxygens (including phenoxy) is 2. The van der Waals surface area contributed by atoms with E-state index in [-0.39, 0.29) is 5.91 Å². The van der Waals surface area contributed by atoms with E-state index in [4.69, 9.17) is 24.5 Å². The fraction of sp³-hybridized carbons (Fsp3) is 0.188. The van der Waals surface area contributed by atoms with E-state index in [1.807, 2.05) is 30.3 Å². The molecule has 4 N–H and O–H groups in total. The van der Waals surface area contributed by atoms with Gasteiger partial charge in [0.2, 0.25) is 0 Å². The van der Waals surface area contributed by atoms with Crippen molar-refractivity contribution in [3.63, 3.8) is 0 Å². The Hall–Kier alpha value is -2.55. The Morgan fingerprint density at radius 2 is 1.67 bits per heavy atom. The maximum absolute atomic E-state index is 12.0. The average Bonchev–Trinajstić information content (AvgIpc) is 2.59. The molecule has 0 aromatic heterocycles. The molecular weight excluding hydrogens is 313 g/mol. The van der Waals surface area contributed by atoms with Crippen molar-refractivity contribution in [2.45, 2.75) is 6.54 Å². The number of hydrogen-bond acceptors (Lipinski definition) is 6. The molecule has 24 heavy (non-hydrogen) atoms. The number of carbonyl (C=O) groups is 1. The zero-order valence-corrected chi connectivity index (χ0v) is 13.5. The van der Waals surface area contributed by atoms with Crippen LogP contribution in [0.2, 0.25) is 0 Å². The smallest absolute Gasteiger partial charge is 0.497 e. The lowest BCUT2D eigenvalue weighted by Gasteiger charge is -2.11. The minimum Gasteiger partial charge on any atom is -0.497 e. The van der Waals surface area contributed by atoms with E-state index in [1.54, 1.807) is 32.4 Å². The van der Waals surface area contributed by atoms with E-state index in [9.17, 15) is 4.79 Å². The van der Waals surface area contributed by atoms with E-state index >= 15 is 0 Å². The highest BCUT2D eigenvalue weighted by atomic mass is 16.5. The van der Waals surface area contributed by atoms with E-state index in [0.29, 0.717) is 17.9 Å². The molecule has 0 aliphatic carbocycles. The first-order valence-electron chi connectivity index (χ1n) is 7.06. The van der Waals surface area contributed by atoms with Gasteiger partial charge in [-0.3, -0.25) is 4.79 Å². The number of carbonyl (C=O) groups excluding carboxylic acids is 1. The van der Waals surface area contributed by atoms with Crippen molar-refractivity contribution in [3.05, 3.63) is 59.7 Å². The molecule has 1 amide bonds. The normalized spacial score (nSPS) is 9.38. The Kier molecular flexibility index (Phi) is 8.35. The van der Waals surface area contributed by atoms with E-state index < -0.39 is 7.32 Å². The third-order valence-electron chi connectivity index (χ3n) is 2.97. The molecule has 0 radical (unpaired) electrons. The van der Waals surface area contributed by atoms with Gasteiger partial charge in [0.25, 0.3) is 5.91 Å².